The van der Waals surface area contributed by atoms with Crippen molar-refractivity contribution in [2.75, 3.05) is 6.54 Å². The van der Waals surface area contributed by atoms with Gasteiger partial charge in [0.2, 0.25) is 0 Å². The van der Waals surface area contributed by atoms with Crippen LogP contribution in [0.1, 0.15) is 31.7 Å². The lowest BCUT2D eigenvalue weighted by Gasteiger charge is -2.46. The van der Waals surface area contributed by atoms with Gasteiger partial charge < -0.3 is 15.6 Å². The van der Waals surface area contributed by atoms with Crippen molar-refractivity contribution in [3.63, 3.8) is 0 Å². The van der Waals surface area contributed by atoms with E-state index in [1.165, 1.54) is 0 Å². The van der Waals surface area contributed by atoms with Gasteiger partial charge in [-0.2, -0.15) is 0 Å². The van der Waals surface area contributed by atoms with Crippen molar-refractivity contribution in [1.29, 1.82) is 0 Å². The predicted molar refractivity (Wildman–Crippen MR) is 82.7 cm³/mol. The average Bonchev–Trinajstić information content (AvgIpc) is 2.98. The highest BCUT2D eigenvalue weighted by atomic mass is 79.9. The molecule has 1 aromatic rings. The Labute approximate surface area is 132 Å². The van der Waals surface area contributed by atoms with Gasteiger partial charge in [0.05, 0.1) is 17.8 Å². The fourth-order valence-corrected chi connectivity index (χ4v) is 4.74. The topological polar surface area (TPSA) is 55.5 Å². The van der Waals surface area contributed by atoms with Crippen LogP contribution in [0.2, 0.25) is 5.02 Å². The second-order valence-electron chi connectivity index (χ2n) is 6.08. The van der Waals surface area contributed by atoms with Crippen LogP contribution < -0.4 is 5.73 Å². The third-order valence-electron chi connectivity index (χ3n) is 5.11. The third-order valence-corrected chi connectivity index (χ3v) is 5.91. The molecule has 3 N–H and O–H groups in total. The summed E-state index contributed by atoms with van der Waals surface area (Å²) in [6, 6.07) is 5.58. The van der Waals surface area contributed by atoms with E-state index in [1.54, 1.807) is 0 Å². The standard InChI is InChI=1S/C15H19BrClNO2/c1-14(19,11-4-2-9(16)6-12(11)17)15(8-18)7-10-3-5-13(15)20-10/h2,4,6,10,13,19H,3,5,7-8,18H2,1H3. The summed E-state index contributed by atoms with van der Waals surface area (Å²) in [4.78, 5) is 0. The van der Waals surface area contributed by atoms with Crippen LogP contribution >= 0.6 is 27.5 Å². The SMILES string of the molecule is CC(O)(c1ccc(Br)cc1Cl)C1(CN)CC2CCC1O2. The number of fused-ring (bicyclic) bond motifs is 2. The monoisotopic (exact) mass is 359 g/mol. The Morgan fingerprint density at radius 1 is 1.55 bits per heavy atom. The van der Waals surface area contributed by atoms with Crippen LogP contribution in [0.25, 0.3) is 0 Å². The number of benzene rings is 1. The molecule has 3 rings (SSSR count). The van der Waals surface area contributed by atoms with E-state index in [2.05, 4.69) is 15.9 Å². The van der Waals surface area contributed by atoms with Crippen LogP contribution in [0.15, 0.2) is 22.7 Å². The highest BCUT2D eigenvalue weighted by Crippen LogP contribution is 2.57. The van der Waals surface area contributed by atoms with Gasteiger partial charge in [0.15, 0.2) is 0 Å². The van der Waals surface area contributed by atoms with Crippen molar-refractivity contribution in [2.45, 2.75) is 44.0 Å². The number of halogens is 2. The molecule has 4 unspecified atom stereocenters. The van der Waals surface area contributed by atoms with Crippen molar-refractivity contribution in [1.82, 2.24) is 0 Å². The number of ether oxygens (including phenoxy) is 1. The largest absolute Gasteiger partial charge is 0.385 e. The first kappa shape index (κ1) is 14.8. The zero-order valence-electron chi connectivity index (χ0n) is 11.4. The van der Waals surface area contributed by atoms with Crippen LogP contribution in [-0.4, -0.2) is 23.9 Å². The van der Waals surface area contributed by atoms with Crippen LogP contribution in [0, 0.1) is 5.41 Å². The molecule has 0 radical (unpaired) electrons. The molecule has 4 atom stereocenters. The number of hydrogen-bond acceptors (Lipinski definition) is 3. The fraction of sp³-hybridized carbons (Fsp3) is 0.600. The van der Waals surface area contributed by atoms with Crippen molar-refractivity contribution in [3.05, 3.63) is 33.3 Å². The predicted octanol–water partition coefficient (Wildman–Crippen LogP) is 3.21. The molecule has 3 nitrogen and oxygen atoms in total. The Morgan fingerprint density at radius 2 is 2.30 bits per heavy atom. The molecule has 20 heavy (non-hydrogen) atoms. The molecule has 0 aliphatic carbocycles. The fourth-order valence-electron chi connectivity index (χ4n) is 3.88. The maximum atomic E-state index is 11.3. The minimum atomic E-state index is -1.10. The lowest BCUT2D eigenvalue weighted by atomic mass is 9.61. The van der Waals surface area contributed by atoms with E-state index < -0.39 is 11.0 Å². The molecule has 2 bridgehead atoms. The van der Waals surface area contributed by atoms with Crippen LogP contribution in [0.5, 0.6) is 0 Å². The molecule has 2 heterocycles. The summed E-state index contributed by atoms with van der Waals surface area (Å²) in [6.45, 7) is 2.21. The summed E-state index contributed by atoms with van der Waals surface area (Å²) in [7, 11) is 0. The van der Waals surface area contributed by atoms with Gasteiger partial charge >= 0.3 is 0 Å². The first-order valence-corrected chi connectivity index (χ1v) is 8.11. The Kier molecular flexibility index (Phi) is 3.67. The summed E-state index contributed by atoms with van der Waals surface area (Å²) >= 11 is 9.74. The zero-order valence-corrected chi connectivity index (χ0v) is 13.7. The van der Waals surface area contributed by atoms with Crippen molar-refractivity contribution in [2.24, 2.45) is 11.1 Å². The summed E-state index contributed by atoms with van der Waals surface area (Å²) in [5.74, 6) is 0. The maximum absolute atomic E-state index is 11.3. The Balaban J connectivity index is 2.06. The first-order chi connectivity index (χ1) is 9.40. The Morgan fingerprint density at radius 3 is 2.80 bits per heavy atom. The van der Waals surface area contributed by atoms with Gasteiger partial charge in [0.1, 0.15) is 0 Å². The van der Waals surface area contributed by atoms with Gasteiger partial charge in [-0.25, -0.2) is 0 Å². The average molecular weight is 361 g/mol. The molecule has 2 fully saturated rings. The van der Waals surface area contributed by atoms with Crippen LogP contribution in [-0.2, 0) is 10.3 Å². The summed E-state index contributed by atoms with van der Waals surface area (Å²) in [5, 5.41) is 11.8. The molecule has 1 aromatic carbocycles. The van der Waals surface area contributed by atoms with Gasteiger partial charge in [-0.05, 0) is 38.3 Å². The second-order valence-corrected chi connectivity index (χ2v) is 7.41. The molecule has 2 saturated heterocycles. The summed E-state index contributed by atoms with van der Waals surface area (Å²) < 4.78 is 6.85. The first-order valence-electron chi connectivity index (χ1n) is 6.94. The van der Waals surface area contributed by atoms with E-state index >= 15 is 0 Å². The minimum Gasteiger partial charge on any atom is -0.385 e. The van der Waals surface area contributed by atoms with Gasteiger partial charge in [0, 0.05) is 27.0 Å². The molecule has 0 aromatic heterocycles. The zero-order chi connectivity index (χ0) is 14.5. The quantitative estimate of drug-likeness (QED) is 0.870. The minimum absolute atomic E-state index is 0.0206. The molecule has 110 valence electrons. The van der Waals surface area contributed by atoms with Gasteiger partial charge in [-0.15, -0.1) is 0 Å². The van der Waals surface area contributed by atoms with E-state index in [4.69, 9.17) is 22.1 Å². The molecule has 2 aliphatic rings. The molecule has 0 amide bonds. The molecule has 0 spiro atoms. The third kappa shape index (κ3) is 1.97. The van der Waals surface area contributed by atoms with Crippen molar-refractivity contribution < 1.29 is 9.84 Å². The second kappa shape index (κ2) is 4.96. The number of rotatable bonds is 3. The highest BCUT2D eigenvalue weighted by molar-refractivity contribution is 9.10. The lowest BCUT2D eigenvalue weighted by molar-refractivity contribution is -0.105. The summed E-state index contributed by atoms with van der Waals surface area (Å²) in [5.41, 5.74) is 5.24. The highest BCUT2D eigenvalue weighted by Gasteiger charge is 2.61. The van der Waals surface area contributed by atoms with Crippen molar-refractivity contribution >= 4 is 27.5 Å². The normalized spacial score (nSPS) is 35.2. The van der Waals surface area contributed by atoms with Gasteiger partial charge in [-0.3, -0.25) is 0 Å². The maximum Gasteiger partial charge on any atom is 0.0976 e. The number of aliphatic hydroxyl groups is 1. The lowest BCUT2D eigenvalue weighted by Crippen LogP contribution is -2.54. The van der Waals surface area contributed by atoms with Gasteiger partial charge in [-0.1, -0.05) is 33.6 Å². The van der Waals surface area contributed by atoms with E-state index in [-0.39, 0.29) is 12.2 Å². The van der Waals surface area contributed by atoms with Crippen LogP contribution in [0.3, 0.4) is 0 Å². The van der Waals surface area contributed by atoms with Crippen molar-refractivity contribution in [3.8, 4) is 0 Å². The van der Waals surface area contributed by atoms with E-state index in [1.807, 2.05) is 25.1 Å². The molecule has 5 heteroatoms. The van der Waals surface area contributed by atoms with E-state index in [0.29, 0.717) is 11.6 Å². The molecule has 2 aliphatic heterocycles. The molecular weight excluding hydrogens is 342 g/mol. The van der Waals surface area contributed by atoms with Crippen LogP contribution in [0.4, 0.5) is 0 Å². The number of hydrogen-bond donors (Lipinski definition) is 2. The summed E-state index contributed by atoms with van der Waals surface area (Å²) in [6.07, 6.45) is 3.08. The Bertz CT molecular complexity index is 537. The Hall–Kier alpha value is -0.130. The van der Waals surface area contributed by atoms with Gasteiger partial charge in [0.25, 0.3) is 0 Å². The molecular formula is C15H19BrClNO2. The van der Waals surface area contributed by atoms with E-state index in [0.717, 1.165) is 29.3 Å². The smallest absolute Gasteiger partial charge is 0.0976 e. The number of nitrogens with two attached hydrogens (primary N) is 1. The van der Waals surface area contributed by atoms with E-state index in [9.17, 15) is 5.11 Å². The molecule has 0 saturated carbocycles.